The minimum absolute atomic E-state index is 0.00606. The predicted octanol–water partition coefficient (Wildman–Crippen LogP) is -0.0211. The molecule has 10 heavy (non-hydrogen) atoms. The molecule has 0 amide bonds. The normalized spacial score (nSPS) is 8.80. The van der Waals surface area contributed by atoms with Crippen molar-refractivity contribution in [3.63, 3.8) is 0 Å². The Kier molecular flexibility index (Phi) is 1.65. The first-order chi connectivity index (χ1) is 4.74. The maximum absolute atomic E-state index is 8.24. The molecule has 0 saturated heterocycles. The highest BCUT2D eigenvalue weighted by atomic mass is 35.5. The molecule has 0 saturated carbocycles. The molecule has 0 spiro atoms. The molecule has 1 aromatic rings. The van der Waals surface area contributed by atoms with Gasteiger partial charge < -0.3 is 5.73 Å². The second-order valence-electron chi connectivity index (χ2n) is 1.42. The summed E-state index contributed by atoms with van der Waals surface area (Å²) in [6.07, 6.45) is 0. The second-order valence-corrected chi connectivity index (χ2v) is 1.78. The molecule has 1 rings (SSSR count). The first kappa shape index (κ1) is 6.71. The average molecular weight is 156 g/mol. The van der Waals surface area contributed by atoms with E-state index in [2.05, 4.69) is 15.2 Å². The van der Waals surface area contributed by atoms with Crippen molar-refractivity contribution < 1.29 is 0 Å². The number of hydrogen-bond acceptors (Lipinski definition) is 5. The highest BCUT2D eigenvalue weighted by molar-refractivity contribution is 6.31. The van der Waals surface area contributed by atoms with Gasteiger partial charge in [-0.3, -0.25) is 0 Å². The van der Waals surface area contributed by atoms with Gasteiger partial charge in [0.2, 0.25) is 0 Å². The van der Waals surface area contributed by atoms with Gasteiger partial charge in [-0.1, -0.05) is 11.6 Å². The van der Waals surface area contributed by atoms with Crippen molar-refractivity contribution in [3.05, 3.63) is 11.0 Å². The first-order valence-electron chi connectivity index (χ1n) is 2.30. The Hall–Kier alpha value is -1.41. The molecule has 1 aromatic heterocycles. The van der Waals surface area contributed by atoms with Crippen LogP contribution >= 0.6 is 11.6 Å². The Morgan fingerprint density at radius 2 is 2.20 bits per heavy atom. The number of hydrogen-bond donors (Lipinski definition) is 1. The van der Waals surface area contributed by atoms with Crippen molar-refractivity contribution >= 4 is 17.4 Å². The highest BCUT2D eigenvalue weighted by Crippen LogP contribution is 2.09. The maximum atomic E-state index is 8.24. The maximum Gasteiger partial charge on any atom is 0.254 e. The third-order valence-corrected chi connectivity index (χ3v) is 1.05. The molecule has 0 aromatic carbocycles. The number of rotatable bonds is 0. The third kappa shape index (κ3) is 1.11. The fourth-order valence-corrected chi connectivity index (χ4v) is 0.480. The van der Waals surface area contributed by atoms with Crippen LogP contribution in [0.1, 0.15) is 5.82 Å². The molecule has 0 aliphatic heterocycles. The smallest absolute Gasteiger partial charge is 0.254 e. The van der Waals surface area contributed by atoms with Crippen LogP contribution in [-0.2, 0) is 0 Å². The fraction of sp³-hybridized carbons (Fsp3) is 0. The summed E-state index contributed by atoms with van der Waals surface area (Å²) in [5.41, 5.74) is 5.17. The molecule has 1 heterocycles. The third-order valence-electron chi connectivity index (χ3n) is 0.768. The molecule has 50 valence electrons. The molecule has 5 nitrogen and oxygen atoms in total. The van der Waals surface area contributed by atoms with E-state index in [4.69, 9.17) is 22.6 Å². The summed E-state index contributed by atoms with van der Waals surface area (Å²) >= 11 is 5.40. The van der Waals surface area contributed by atoms with Crippen LogP contribution in [0, 0.1) is 11.3 Å². The van der Waals surface area contributed by atoms with Gasteiger partial charge in [-0.05, 0) is 0 Å². The van der Waals surface area contributed by atoms with Crippen molar-refractivity contribution in [1.29, 1.82) is 5.26 Å². The molecule has 2 N–H and O–H groups in total. The summed E-state index contributed by atoms with van der Waals surface area (Å²) in [5.74, 6) is -0.0557. The largest absolute Gasteiger partial charge is 0.380 e. The van der Waals surface area contributed by atoms with E-state index < -0.39 is 0 Å². The molecule has 0 aliphatic rings. The van der Waals surface area contributed by atoms with E-state index in [1.54, 1.807) is 6.07 Å². The lowest BCUT2D eigenvalue weighted by molar-refractivity contribution is 0.953. The molecule has 0 radical (unpaired) electrons. The van der Waals surface area contributed by atoms with E-state index in [9.17, 15) is 0 Å². The van der Waals surface area contributed by atoms with Crippen molar-refractivity contribution in [2.45, 2.75) is 0 Å². The Balaban J connectivity index is 3.20. The topological polar surface area (TPSA) is 88.5 Å². The van der Waals surface area contributed by atoms with E-state index in [0.717, 1.165) is 0 Å². The SMILES string of the molecule is N#Cc1nnc(N)c(Cl)n1. The second kappa shape index (κ2) is 2.45. The average Bonchev–Trinajstić information content (AvgIpc) is 1.95. The summed E-state index contributed by atoms with van der Waals surface area (Å²) in [7, 11) is 0. The number of nitrogen functional groups attached to an aromatic ring is 1. The summed E-state index contributed by atoms with van der Waals surface area (Å²) in [6.45, 7) is 0. The lowest BCUT2D eigenvalue weighted by Gasteiger charge is -1.91. The van der Waals surface area contributed by atoms with Gasteiger partial charge in [0.15, 0.2) is 11.0 Å². The zero-order valence-corrected chi connectivity index (χ0v) is 5.50. The van der Waals surface area contributed by atoms with Crippen molar-refractivity contribution in [3.8, 4) is 6.07 Å². The number of nitriles is 1. The van der Waals surface area contributed by atoms with Crippen LogP contribution < -0.4 is 5.73 Å². The number of aromatic nitrogens is 3. The summed E-state index contributed by atoms with van der Waals surface area (Å²) < 4.78 is 0. The number of nitrogens with two attached hydrogens (primary N) is 1. The molecule has 0 atom stereocenters. The van der Waals surface area contributed by atoms with E-state index in [0.29, 0.717) is 0 Å². The summed E-state index contributed by atoms with van der Waals surface area (Å²) in [4.78, 5) is 3.50. The highest BCUT2D eigenvalue weighted by Gasteiger charge is 2.00. The van der Waals surface area contributed by atoms with Crippen LogP contribution in [0.5, 0.6) is 0 Å². The Bertz CT molecular complexity index is 290. The fourth-order valence-electron chi connectivity index (χ4n) is 0.362. The number of halogens is 1. The molecular formula is C4H2ClN5. The zero-order chi connectivity index (χ0) is 7.56. The Morgan fingerprint density at radius 1 is 1.50 bits per heavy atom. The van der Waals surface area contributed by atoms with Gasteiger partial charge in [0.25, 0.3) is 5.82 Å². The van der Waals surface area contributed by atoms with E-state index >= 15 is 0 Å². The van der Waals surface area contributed by atoms with E-state index in [-0.39, 0.29) is 16.8 Å². The first-order valence-corrected chi connectivity index (χ1v) is 2.67. The van der Waals surface area contributed by atoms with Crippen LogP contribution in [0.3, 0.4) is 0 Å². The Labute approximate surface area is 61.5 Å². The number of anilines is 1. The molecular weight excluding hydrogens is 154 g/mol. The minimum Gasteiger partial charge on any atom is -0.380 e. The summed E-state index contributed by atoms with van der Waals surface area (Å²) in [5, 5.41) is 14.9. The van der Waals surface area contributed by atoms with Gasteiger partial charge in [-0.2, -0.15) is 5.26 Å². The van der Waals surface area contributed by atoms with Gasteiger partial charge in [0, 0.05) is 0 Å². The molecule has 0 bridgehead atoms. The Morgan fingerprint density at radius 3 is 2.70 bits per heavy atom. The quantitative estimate of drug-likeness (QED) is 0.569. The van der Waals surface area contributed by atoms with Crippen molar-refractivity contribution in [2.24, 2.45) is 0 Å². The van der Waals surface area contributed by atoms with Gasteiger partial charge in [-0.15, -0.1) is 10.2 Å². The van der Waals surface area contributed by atoms with Gasteiger partial charge in [0.05, 0.1) is 0 Å². The van der Waals surface area contributed by atoms with Gasteiger partial charge in [-0.25, -0.2) is 4.98 Å². The van der Waals surface area contributed by atoms with Crippen LogP contribution in [0.4, 0.5) is 5.82 Å². The van der Waals surface area contributed by atoms with Crippen LogP contribution in [0.2, 0.25) is 5.15 Å². The van der Waals surface area contributed by atoms with E-state index in [1.165, 1.54) is 0 Å². The van der Waals surface area contributed by atoms with Crippen molar-refractivity contribution in [1.82, 2.24) is 15.2 Å². The van der Waals surface area contributed by atoms with Gasteiger partial charge in [0.1, 0.15) is 6.07 Å². The number of nitrogens with zero attached hydrogens (tertiary/aromatic N) is 4. The lowest BCUT2D eigenvalue weighted by Crippen LogP contribution is -1.99. The van der Waals surface area contributed by atoms with Gasteiger partial charge >= 0.3 is 0 Å². The van der Waals surface area contributed by atoms with Crippen LogP contribution in [-0.4, -0.2) is 15.2 Å². The lowest BCUT2D eigenvalue weighted by atomic mass is 10.6. The monoisotopic (exact) mass is 155 g/mol. The van der Waals surface area contributed by atoms with Crippen LogP contribution in [0.15, 0.2) is 0 Å². The standard InChI is InChI=1S/C4H2ClN5/c5-3-4(7)10-9-2(1-6)8-3/h(H2,7,10). The predicted molar refractivity (Wildman–Crippen MR) is 34.0 cm³/mol. The minimum atomic E-state index is -0.0841. The van der Waals surface area contributed by atoms with Crippen LogP contribution in [0.25, 0.3) is 0 Å². The molecule has 0 fully saturated rings. The van der Waals surface area contributed by atoms with Crippen molar-refractivity contribution in [2.75, 3.05) is 5.73 Å². The molecule has 6 heteroatoms. The zero-order valence-electron chi connectivity index (χ0n) is 4.74. The summed E-state index contributed by atoms with van der Waals surface area (Å²) in [6, 6.07) is 1.67. The molecule has 0 unspecified atom stereocenters. The molecule has 0 aliphatic carbocycles. The van der Waals surface area contributed by atoms with E-state index in [1.807, 2.05) is 0 Å².